The van der Waals surface area contributed by atoms with Crippen molar-refractivity contribution in [2.75, 3.05) is 0 Å². The van der Waals surface area contributed by atoms with E-state index in [-0.39, 0.29) is 12.2 Å². The van der Waals surface area contributed by atoms with Crippen molar-refractivity contribution in [1.82, 2.24) is 10.9 Å². The number of benzene rings is 2. The second kappa shape index (κ2) is 7.09. The van der Waals surface area contributed by atoms with Gasteiger partial charge in [0.05, 0.1) is 5.92 Å². The van der Waals surface area contributed by atoms with Crippen LogP contribution in [-0.4, -0.2) is 23.4 Å². The zero-order valence-electron chi connectivity index (χ0n) is 13.3. The van der Waals surface area contributed by atoms with Gasteiger partial charge in [-0.15, -0.1) is 0 Å². The molecule has 6 heteroatoms. The third kappa shape index (κ3) is 3.47. The lowest BCUT2D eigenvalue weighted by atomic mass is 9.81. The van der Waals surface area contributed by atoms with Gasteiger partial charge in [-0.05, 0) is 0 Å². The van der Waals surface area contributed by atoms with E-state index in [1.165, 1.54) is 0 Å². The Bertz CT molecular complexity index is 802. The molecule has 0 spiro atoms. The van der Waals surface area contributed by atoms with Gasteiger partial charge in [0.25, 0.3) is 11.8 Å². The Morgan fingerprint density at radius 3 is 1.80 bits per heavy atom. The fourth-order valence-electron chi connectivity index (χ4n) is 2.88. The molecule has 2 N–H and O–H groups in total. The fraction of sp³-hybridized carbons (Fsp3) is 0.158. The molecule has 6 nitrogen and oxygen atoms in total. The molecule has 0 saturated carbocycles. The summed E-state index contributed by atoms with van der Waals surface area (Å²) in [5, 5.41) is 0. The molecule has 0 aliphatic carbocycles. The highest BCUT2D eigenvalue weighted by Gasteiger charge is 2.44. The number of carbonyl (C=O) groups excluding carboxylic acids is 4. The average molecular weight is 336 g/mol. The number of hydrogen-bond acceptors (Lipinski definition) is 4. The van der Waals surface area contributed by atoms with E-state index < -0.39 is 29.4 Å². The Hall–Kier alpha value is -3.28. The number of ketones is 2. The van der Waals surface area contributed by atoms with Gasteiger partial charge in [-0.1, -0.05) is 60.7 Å². The molecule has 0 radical (unpaired) electrons. The van der Waals surface area contributed by atoms with Crippen LogP contribution in [0.1, 0.15) is 27.1 Å². The van der Waals surface area contributed by atoms with Gasteiger partial charge in [-0.3, -0.25) is 30.0 Å². The third-order valence-electron chi connectivity index (χ3n) is 4.17. The molecule has 1 aliphatic rings. The molecular formula is C19H16N2O4. The van der Waals surface area contributed by atoms with Crippen molar-refractivity contribution in [3.8, 4) is 0 Å². The first-order valence-corrected chi connectivity index (χ1v) is 7.85. The van der Waals surface area contributed by atoms with Gasteiger partial charge in [0.2, 0.25) is 0 Å². The monoisotopic (exact) mass is 336 g/mol. The molecular weight excluding hydrogens is 320 g/mol. The van der Waals surface area contributed by atoms with Crippen LogP contribution in [0.5, 0.6) is 0 Å². The van der Waals surface area contributed by atoms with Gasteiger partial charge in [-0.25, -0.2) is 0 Å². The highest BCUT2D eigenvalue weighted by Crippen LogP contribution is 2.26. The van der Waals surface area contributed by atoms with Gasteiger partial charge < -0.3 is 0 Å². The Balaban J connectivity index is 1.92. The van der Waals surface area contributed by atoms with Gasteiger partial charge in [0.15, 0.2) is 11.6 Å². The molecule has 2 aromatic carbocycles. The molecule has 1 unspecified atom stereocenters. The molecule has 1 fully saturated rings. The van der Waals surface area contributed by atoms with Crippen molar-refractivity contribution < 1.29 is 19.2 Å². The van der Waals surface area contributed by atoms with Crippen LogP contribution < -0.4 is 10.9 Å². The first-order chi connectivity index (χ1) is 12.1. The summed E-state index contributed by atoms with van der Waals surface area (Å²) in [6.07, 6.45) is -0.219. The maximum atomic E-state index is 12.9. The van der Waals surface area contributed by atoms with Crippen LogP contribution in [-0.2, 0) is 9.59 Å². The lowest BCUT2D eigenvalue weighted by molar-refractivity contribution is -0.129. The van der Waals surface area contributed by atoms with Gasteiger partial charge in [0.1, 0.15) is 5.92 Å². The number of amides is 2. The summed E-state index contributed by atoms with van der Waals surface area (Å²) in [7, 11) is 0. The number of carbonyl (C=O) groups is 4. The number of hydrazine groups is 1. The summed E-state index contributed by atoms with van der Waals surface area (Å²) in [4.78, 5) is 49.5. The standard InChI is InChI=1S/C19H16N2O4/c22-15(12-7-3-1-4-8-12)11-14(16-18(24)20-21-19(16)25)17(23)13-9-5-2-6-10-13/h1-10,14,16H,11H2,(H,20,24)(H,21,25). The van der Waals surface area contributed by atoms with Crippen molar-refractivity contribution in [2.24, 2.45) is 11.8 Å². The first-order valence-electron chi connectivity index (χ1n) is 7.85. The van der Waals surface area contributed by atoms with Crippen LogP contribution >= 0.6 is 0 Å². The maximum absolute atomic E-state index is 12.9. The minimum absolute atomic E-state index is 0.219. The summed E-state index contributed by atoms with van der Waals surface area (Å²) >= 11 is 0. The van der Waals surface area contributed by atoms with Crippen LogP contribution in [0.4, 0.5) is 0 Å². The van der Waals surface area contributed by atoms with E-state index in [4.69, 9.17) is 0 Å². The van der Waals surface area contributed by atoms with Crippen molar-refractivity contribution in [3.05, 3.63) is 71.8 Å². The predicted molar refractivity (Wildman–Crippen MR) is 89.4 cm³/mol. The molecule has 3 rings (SSSR count). The summed E-state index contributed by atoms with van der Waals surface area (Å²) in [5.74, 6) is -4.16. The number of nitrogens with one attached hydrogen (secondary N) is 2. The van der Waals surface area contributed by atoms with Crippen LogP contribution in [0, 0.1) is 11.8 Å². The van der Waals surface area contributed by atoms with E-state index in [0.717, 1.165) is 0 Å². The lowest BCUT2D eigenvalue weighted by Crippen LogP contribution is -2.35. The molecule has 2 aromatic rings. The minimum Gasteiger partial charge on any atom is -0.294 e. The first kappa shape index (κ1) is 16.6. The van der Waals surface area contributed by atoms with Gasteiger partial charge in [0, 0.05) is 17.5 Å². The lowest BCUT2D eigenvalue weighted by Gasteiger charge is -2.18. The Labute approximate surface area is 144 Å². The summed E-state index contributed by atoms with van der Waals surface area (Å²) in [6, 6.07) is 16.8. The molecule has 0 aromatic heterocycles. The van der Waals surface area contributed by atoms with Crippen molar-refractivity contribution >= 4 is 23.4 Å². The molecule has 1 heterocycles. The van der Waals surface area contributed by atoms with Crippen LogP contribution in [0.25, 0.3) is 0 Å². The average Bonchev–Trinajstić information content (AvgIpc) is 2.99. The van der Waals surface area contributed by atoms with Crippen LogP contribution in [0.2, 0.25) is 0 Å². The number of rotatable bonds is 6. The second-order valence-electron chi connectivity index (χ2n) is 5.79. The molecule has 2 amide bonds. The van der Waals surface area contributed by atoms with Crippen molar-refractivity contribution in [3.63, 3.8) is 0 Å². The summed E-state index contributed by atoms with van der Waals surface area (Å²) in [5.41, 5.74) is 5.23. The number of hydrogen-bond donors (Lipinski definition) is 2. The summed E-state index contributed by atoms with van der Waals surface area (Å²) in [6.45, 7) is 0. The van der Waals surface area contributed by atoms with Crippen LogP contribution in [0.15, 0.2) is 60.7 Å². The SMILES string of the molecule is O=C(CC(C(=O)c1ccccc1)C1C(=O)NNC1=O)c1ccccc1. The van der Waals surface area contributed by atoms with E-state index >= 15 is 0 Å². The second-order valence-corrected chi connectivity index (χ2v) is 5.79. The molecule has 1 aliphatic heterocycles. The predicted octanol–water partition coefficient (Wildman–Crippen LogP) is 1.54. The smallest absolute Gasteiger partial charge is 0.251 e. The van der Waals surface area contributed by atoms with E-state index in [1.54, 1.807) is 60.7 Å². The molecule has 0 bridgehead atoms. The fourth-order valence-corrected chi connectivity index (χ4v) is 2.88. The molecule has 126 valence electrons. The summed E-state index contributed by atoms with van der Waals surface area (Å²) < 4.78 is 0. The Morgan fingerprint density at radius 2 is 1.28 bits per heavy atom. The molecule has 25 heavy (non-hydrogen) atoms. The quantitative estimate of drug-likeness (QED) is 0.618. The van der Waals surface area contributed by atoms with Crippen LogP contribution in [0.3, 0.4) is 0 Å². The normalized spacial score (nSPS) is 15.4. The maximum Gasteiger partial charge on any atom is 0.251 e. The molecule has 1 saturated heterocycles. The van der Waals surface area contributed by atoms with E-state index in [9.17, 15) is 19.2 Å². The third-order valence-corrected chi connectivity index (χ3v) is 4.17. The van der Waals surface area contributed by atoms with Gasteiger partial charge >= 0.3 is 0 Å². The zero-order chi connectivity index (χ0) is 17.8. The minimum atomic E-state index is -1.22. The van der Waals surface area contributed by atoms with Gasteiger partial charge in [-0.2, -0.15) is 0 Å². The van der Waals surface area contributed by atoms with E-state index in [1.807, 2.05) is 0 Å². The molecule has 1 atom stereocenters. The Morgan fingerprint density at radius 1 is 0.800 bits per heavy atom. The Kier molecular flexibility index (Phi) is 4.70. The van der Waals surface area contributed by atoms with Crippen molar-refractivity contribution in [2.45, 2.75) is 6.42 Å². The van der Waals surface area contributed by atoms with E-state index in [0.29, 0.717) is 11.1 Å². The highest BCUT2D eigenvalue weighted by molar-refractivity contribution is 6.13. The highest BCUT2D eigenvalue weighted by atomic mass is 16.2. The largest absolute Gasteiger partial charge is 0.294 e. The number of Topliss-reactive ketones (excluding diaryl/α,β-unsaturated/α-hetero) is 2. The van der Waals surface area contributed by atoms with E-state index in [2.05, 4.69) is 10.9 Å². The zero-order valence-corrected chi connectivity index (χ0v) is 13.3. The van der Waals surface area contributed by atoms with Crippen molar-refractivity contribution in [1.29, 1.82) is 0 Å². The topological polar surface area (TPSA) is 92.3 Å².